The number of hydrogen-bond donors (Lipinski definition) is 0. The highest BCUT2D eigenvalue weighted by molar-refractivity contribution is 5.71. The minimum Gasteiger partial charge on any atom is -0.462 e. The molecule has 62 heavy (non-hydrogen) atoms. The molecule has 0 heterocycles. The molecule has 0 fully saturated rings. The number of carbonyl (C=O) groups is 3. The predicted octanol–water partition coefficient (Wildman–Crippen LogP) is 16.4. The van der Waals surface area contributed by atoms with Crippen molar-refractivity contribution in [3.63, 3.8) is 0 Å². The third-order valence-corrected chi connectivity index (χ3v) is 10.0. The zero-order valence-corrected chi connectivity index (χ0v) is 39.8. The van der Waals surface area contributed by atoms with Crippen LogP contribution in [0.4, 0.5) is 0 Å². The maximum absolute atomic E-state index is 12.7. The fourth-order valence-electron chi connectivity index (χ4n) is 6.34. The van der Waals surface area contributed by atoms with Crippen LogP contribution in [0.25, 0.3) is 0 Å². The van der Waals surface area contributed by atoms with E-state index in [1.54, 1.807) is 0 Å². The molecule has 1 atom stereocenters. The molecular weight excluding hydrogens is 769 g/mol. The molecule has 6 nitrogen and oxygen atoms in total. The molecule has 0 aliphatic heterocycles. The number of esters is 3. The van der Waals surface area contributed by atoms with Gasteiger partial charge in [-0.25, -0.2) is 0 Å². The molecule has 0 saturated carbocycles. The molecule has 0 rings (SSSR count). The van der Waals surface area contributed by atoms with E-state index < -0.39 is 6.10 Å². The van der Waals surface area contributed by atoms with Crippen LogP contribution in [-0.2, 0) is 28.6 Å². The number of ether oxygens (including phenoxy) is 3. The average molecular weight is 859 g/mol. The third-order valence-electron chi connectivity index (χ3n) is 10.0. The predicted molar refractivity (Wildman–Crippen MR) is 265 cm³/mol. The summed E-state index contributed by atoms with van der Waals surface area (Å²) in [6.07, 6.45) is 66.5. The van der Waals surface area contributed by atoms with E-state index in [4.69, 9.17) is 14.2 Å². The van der Waals surface area contributed by atoms with Gasteiger partial charge in [-0.1, -0.05) is 194 Å². The summed E-state index contributed by atoms with van der Waals surface area (Å²) in [6, 6.07) is 0. The topological polar surface area (TPSA) is 78.9 Å². The Bertz CT molecular complexity index is 1310. The Hall–Kier alpha value is -3.93. The van der Waals surface area contributed by atoms with Crippen LogP contribution < -0.4 is 0 Å². The Morgan fingerprint density at radius 1 is 0.339 bits per heavy atom. The van der Waals surface area contributed by atoms with Gasteiger partial charge in [-0.05, 0) is 103 Å². The van der Waals surface area contributed by atoms with Crippen molar-refractivity contribution in [2.75, 3.05) is 13.2 Å². The van der Waals surface area contributed by atoms with Gasteiger partial charge in [0, 0.05) is 19.3 Å². The second-order valence-electron chi connectivity index (χ2n) is 16.0. The van der Waals surface area contributed by atoms with Crippen LogP contribution in [0.3, 0.4) is 0 Å². The molecule has 0 aromatic heterocycles. The number of carbonyl (C=O) groups excluding carboxylic acids is 3. The number of rotatable bonds is 43. The summed E-state index contributed by atoms with van der Waals surface area (Å²) < 4.78 is 16.7. The summed E-state index contributed by atoms with van der Waals surface area (Å²) in [6.45, 7) is 6.31. The van der Waals surface area contributed by atoms with E-state index in [-0.39, 0.29) is 31.1 Å². The molecule has 0 bridgehead atoms. The van der Waals surface area contributed by atoms with Crippen LogP contribution in [0.1, 0.15) is 207 Å². The second-order valence-corrected chi connectivity index (χ2v) is 16.0. The molecule has 1 unspecified atom stereocenters. The minimum atomic E-state index is -0.803. The van der Waals surface area contributed by atoms with Gasteiger partial charge in [-0.15, -0.1) is 0 Å². The highest BCUT2D eigenvalue weighted by Gasteiger charge is 2.19. The fourth-order valence-corrected chi connectivity index (χ4v) is 6.34. The summed E-state index contributed by atoms with van der Waals surface area (Å²) in [7, 11) is 0. The van der Waals surface area contributed by atoms with Crippen molar-refractivity contribution in [2.24, 2.45) is 0 Å². The van der Waals surface area contributed by atoms with Crippen molar-refractivity contribution in [2.45, 2.75) is 213 Å². The summed E-state index contributed by atoms with van der Waals surface area (Å²) in [4.78, 5) is 37.8. The molecule has 0 N–H and O–H groups in total. The Morgan fingerprint density at radius 3 is 1.02 bits per heavy atom. The van der Waals surface area contributed by atoms with Crippen molar-refractivity contribution in [1.29, 1.82) is 0 Å². The van der Waals surface area contributed by atoms with Gasteiger partial charge in [0.2, 0.25) is 0 Å². The Kier molecular flexibility index (Phi) is 46.6. The Morgan fingerprint density at radius 2 is 0.629 bits per heavy atom. The van der Waals surface area contributed by atoms with Crippen LogP contribution in [-0.4, -0.2) is 37.2 Å². The third kappa shape index (κ3) is 47.1. The van der Waals surface area contributed by atoms with Crippen LogP contribution >= 0.6 is 0 Å². The van der Waals surface area contributed by atoms with Crippen molar-refractivity contribution in [3.05, 3.63) is 109 Å². The van der Waals surface area contributed by atoms with Gasteiger partial charge in [0.05, 0.1) is 0 Å². The molecule has 0 aliphatic carbocycles. The highest BCUT2D eigenvalue weighted by Crippen LogP contribution is 2.13. The van der Waals surface area contributed by atoms with Gasteiger partial charge in [0.1, 0.15) is 13.2 Å². The van der Waals surface area contributed by atoms with Gasteiger partial charge < -0.3 is 14.2 Å². The van der Waals surface area contributed by atoms with E-state index >= 15 is 0 Å². The molecular formula is C56H90O6. The summed E-state index contributed by atoms with van der Waals surface area (Å²) in [5.74, 6) is -0.975. The van der Waals surface area contributed by atoms with Crippen molar-refractivity contribution < 1.29 is 28.6 Å². The fraction of sp³-hybridized carbons (Fsp3) is 0.625. The molecule has 0 saturated heterocycles. The van der Waals surface area contributed by atoms with E-state index in [0.29, 0.717) is 25.7 Å². The quantitative estimate of drug-likeness (QED) is 0.0263. The van der Waals surface area contributed by atoms with E-state index in [0.717, 1.165) is 128 Å². The van der Waals surface area contributed by atoms with Gasteiger partial charge in [0.15, 0.2) is 6.10 Å². The first kappa shape index (κ1) is 58.1. The smallest absolute Gasteiger partial charge is 0.306 e. The lowest BCUT2D eigenvalue weighted by Crippen LogP contribution is -2.30. The molecule has 0 radical (unpaired) electrons. The van der Waals surface area contributed by atoms with Gasteiger partial charge in [-0.2, -0.15) is 0 Å². The standard InChI is InChI=1S/C56H90O6/c1-4-7-10-13-16-19-21-23-25-26-27-28-29-30-32-33-35-37-40-43-46-49-55(58)61-52-53(51-60-54(57)48-45-42-39-18-15-12-9-6-3)62-56(59)50-47-44-41-38-36-34-31-24-22-20-17-14-11-8-5-2/h7-8,10-11,16-17,19-20,23-25,27-28,30-32,35,37,53H,4-6,9,12-15,18,21-22,26,29,33-34,36,38-52H2,1-3H3/b10-7-,11-8-,19-16-,20-17-,25-23-,28-27-,31-24-,32-30-,37-35-. The summed E-state index contributed by atoms with van der Waals surface area (Å²) >= 11 is 0. The maximum atomic E-state index is 12.7. The molecule has 6 heteroatoms. The van der Waals surface area contributed by atoms with Crippen molar-refractivity contribution in [1.82, 2.24) is 0 Å². The van der Waals surface area contributed by atoms with Gasteiger partial charge in [0.25, 0.3) is 0 Å². The summed E-state index contributed by atoms with van der Waals surface area (Å²) in [5, 5.41) is 0. The first-order valence-electron chi connectivity index (χ1n) is 24.9. The highest BCUT2D eigenvalue weighted by atomic mass is 16.6. The average Bonchev–Trinajstić information content (AvgIpc) is 3.27. The van der Waals surface area contributed by atoms with Gasteiger partial charge in [-0.3, -0.25) is 14.4 Å². The van der Waals surface area contributed by atoms with E-state index in [2.05, 4.69) is 130 Å². The van der Waals surface area contributed by atoms with Crippen LogP contribution in [0.15, 0.2) is 109 Å². The lowest BCUT2D eigenvalue weighted by Gasteiger charge is -2.18. The lowest BCUT2D eigenvalue weighted by molar-refractivity contribution is -0.167. The van der Waals surface area contributed by atoms with E-state index in [1.165, 1.54) is 32.1 Å². The van der Waals surface area contributed by atoms with Crippen molar-refractivity contribution >= 4 is 17.9 Å². The second kappa shape index (κ2) is 49.7. The van der Waals surface area contributed by atoms with Gasteiger partial charge >= 0.3 is 17.9 Å². The normalized spacial score (nSPS) is 13.0. The van der Waals surface area contributed by atoms with Crippen LogP contribution in [0.5, 0.6) is 0 Å². The molecule has 0 aromatic rings. The van der Waals surface area contributed by atoms with E-state index in [1.807, 2.05) is 0 Å². The monoisotopic (exact) mass is 859 g/mol. The number of allylic oxidation sites excluding steroid dienone is 18. The lowest BCUT2D eigenvalue weighted by atomic mass is 10.1. The molecule has 0 spiro atoms. The number of unbranched alkanes of at least 4 members (excludes halogenated alkanes) is 14. The Labute approximate surface area is 380 Å². The zero-order chi connectivity index (χ0) is 45.1. The largest absolute Gasteiger partial charge is 0.462 e. The Balaban J connectivity index is 4.43. The van der Waals surface area contributed by atoms with Crippen LogP contribution in [0.2, 0.25) is 0 Å². The van der Waals surface area contributed by atoms with E-state index in [9.17, 15) is 14.4 Å². The minimum absolute atomic E-state index is 0.100. The summed E-state index contributed by atoms with van der Waals surface area (Å²) in [5.41, 5.74) is 0. The maximum Gasteiger partial charge on any atom is 0.306 e. The van der Waals surface area contributed by atoms with Crippen LogP contribution in [0, 0.1) is 0 Å². The SMILES string of the molecule is CC/C=C\C/C=C\C/C=C\C/C=C\C/C=C\C/C=C\CCCCC(=O)OCC(COC(=O)CCCCCCCCCC)OC(=O)CCCCCCC/C=C\C/C=C\C/C=C\CC. The molecule has 0 amide bonds. The molecule has 0 aliphatic rings. The first-order valence-corrected chi connectivity index (χ1v) is 24.9. The van der Waals surface area contributed by atoms with Crippen molar-refractivity contribution in [3.8, 4) is 0 Å². The zero-order valence-electron chi connectivity index (χ0n) is 39.8. The number of hydrogen-bond acceptors (Lipinski definition) is 6. The first-order chi connectivity index (χ1) is 30.5. The molecule has 350 valence electrons. The molecule has 0 aromatic carbocycles.